The molecule has 0 unspecified atom stereocenters. The van der Waals surface area contributed by atoms with E-state index < -0.39 is 5.91 Å². The number of benzene rings is 2. The lowest BCUT2D eigenvalue weighted by Gasteiger charge is -2.11. The van der Waals surface area contributed by atoms with Crippen molar-refractivity contribution in [2.75, 3.05) is 5.32 Å². The number of amides is 1. The highest BCUT2D eigenvalue weighted by molar-refractivity contribution is 5.91. The van der Waals surface area contributed by atoms with Gasteiger partial charge in [0.25, 0.3) is 5.91 Å². The Balaban J connectivity index is 2.05. The quantitative estimate of drug-likeness (QED) is 0.430. The van der Waals surface area contributed by atoms with Crippen LogP contribution < -0.4 is 10.8 Å². The Bertz CT molecular complexity index is 676. The molecule has 3 N–H and O–H groups in total. The SMILES string of the molecule is CC(C)c1ccc(CNc2ccccc2/C=C/C(=O)NO)cc1. The minimum Gasteiger partial charge on any atom is -0.380 e. The third kappa shape index (κ3) is 4.97. The van der Waals surface area contributed by atoms with Crippen molar-refractivity contribution in [1.82, 2.24) is 5.48 Å². The number of hydrogen-bond acceptors (Lipinski definition) is 3. The second-order valence-corrected chi connectivity index (χ2v) is 5.65. The molecule has 0 saturated heterocycles. The Morgan fingerprint density at radius 1 is 1.13 bits per heavy atom. The molecule has 1 amide bonds. The number of nitrogens with one attached hydrogen (secondary N) is 2. The summed E-state index contributed by atoms with van der Waals surface area (Å²) in [5.74, 6) is -0.0235. The number of anilines is 1. The van der Waals surface area contributed by atoms with Gasteiger partial charge in [0, 0.05) is 18.3 Å². The first kappa shape index (κ1) is 16.8. The van der Waals surface area contributed by atoms with E-state index in [-0.39, 0.29) is 0 Å². The van der Waals surface area contributed by atoms with E-state index in [9.17, 15) is 4.79 Å². The third-order valence-electron chi connectivity index (χ3n) is 3.61. The Morgan fingerprint density at radius 2 is 1.83 bits per heavy atom. The van der Waals surface area contributed by atoms with Crippen LogP contribution in [-0.4, -0.2) is 11.1 Å². The van der Waals surface area contributed by atoms with Gasteiger partial charge < -0.3 is 5.32 Å². The van der Waals surface area contributed by atoms with Gasteiger partial charge in [-0.1, -0.05) is 56.3 Å². The summed E-state index contributed by atoms with van der Waals surface area (Å²) >= 11 is 0. The molecule has 23 heavy (non-hydrogen) atoms. The van der Waals surface area contributed by atoms with Gasteiger partial charge in [-0.15, -0.1) is 0 Å². The summed E-state index contributed by atoms with van der Waals surface area (Å²) < 4.78 is 0. The molecule has 4 heteroatoms. The highest BCUT2D eigenvalue weighted by Crippen LogP contribution is 2.19. The van der Waals surface area contributed by atoms with Crippen LogP contribution in [0.3, 0.4) is 0 Å². The van der Waals surface area contributed by atoms with Crippen LogP contribution in [0.5, 0.6) is 0 Å². The van der Waals surface area contributed by atoms with E-state index in [1.54, 1.807) is 11.6 Å². The summed E-state index contributed by atoms with van der Waals surface area (Å²) in [5, 5.41) is 11.9. The van der Waals surface area contributed by atoms with Crippen LogP contribution in [-0.2, 0) is 11.3 Å². The topological polar surface area (TPSA) is 61.4 Å². The van der Waals surface area contributed by atoms with Crippen LogP contribution in [0.15, 0.2) is 54.6 Å². The van der Waals surface area contributed by atoms with Crippen molar-refractivity contribution >= 4 is 17.7 Å². The van der Waals surface area contributed by atoms with Crippen molar-refractivity contribution in [1.29, 1.82) is 0 Å². The summed E-state index contributed by atoms with van der Waals surface area (Å²) in [5.41, 5.74) is 5.92. The lowest BCUT2D eigenvalue weighted by atomic mass is 10.0. The summed E-state index contributed by atoms with van der Waals surface area (Å²) in [6, 6.07) is 16.3. The summed E-state index contributed by atoms with van der Waals surface area (Å²) in [6.45, 7) is 5.06. The summed E-state index contributed by atoms with van der Waals surface area (Å²) in [7, 11) is 0. The molecule has 0 saturated carbocycles. The van der Waals surface area contributed by atoms with Crippen LogP contribution in [0.1, 0.15) is 36.5 Å². The molecule has 0 bridgehead atoms. The van der Waals surface area contributed by atoms with E-state index in [2.05, 4.69) is 43.4 Å². The molecule has 0 aromatic heterocycles. The molecule has 0 aliphatic heterocycles. The number of carbonyl (C=O) groups is 1. The monoisotopic (exact) mass is 310 g/mol. The number of hydrogen-bond donors (Lipinski definition) is 3. The number of para-hydroxylation sites is 1. The van der Waals surface area contributed by atoms with E-state index in [4.69, 9.17) is 5.21 Å². The fraction of sp³-hybridized carbons (Fsp3) is 0.211. The fourth-order valence-electron chi connectivity index (χ4n) is 2.22. The van der Waals surface area contributed by atoms with Crippen molar-refractivity contribution in [3.8, 4) is 0 Å². The van der Waals surface area contributed by atoms with Gasteiger partial charge in [-0.05, 0) is 34.8 Å². The maximum atomic E-state index is 11.1. The van der Waals surface area contributed by atoms with Crippen LogP contribution >= 0.6 is 0 Å². The first-order valence-corrected chi connectivity index (χ1v) is 7.64. The molecule has 0 radical (unpaired) electrons. The zero-order chi connectivity index (χ0) is 16.7. The van der Waals surface area contributed by atoms with E-state index in [0.717, 1.165) is 11.3 Å². The average Bonchev–Trinajstić information content (AvgIpc) is 2.58. The molecule has 0 heterocycles. The van der Waals surface area contributed by atoms with Gasteiger partial charge in [0.2, 0.25) is 0 Å². The van der Waals surface area contributed by atoms with Gasteiger partial charge in [-0.3, -0.25) is 10.0 Å². The summed E-state index contributed by atoms with van der Waals surface area (Å²) in [4.78, 5) is 11.1. The van der Waals surface area contributed by atoms with Crippen LogP contribution in [0.4, 0.5) is 5.69 Å². The van der Waals surface area contributed by atoms with Crippen molar-refractivity contribution < 1.29 is 10.0 Å². The Labute approximate surface area is 136 Å². The highest BCUT2D eigenvalue weighted by Gasteiger charge is 2.01. The number of carbonyl (C=O) groups excluding carboxylic acids is 1. The smallest absolute Gasteiger partial charge is 0.267 e. The molecule has 2 rings (SSSR count). The normalized spacial score (nSPS) is 11.0. The number of hydroxylamine groups is 1. The van der Waals surface area contributed by atoms with E-state index >= 15 is 0 Å². The van der Waals surface area contributed by atoms with Gasteiger partial charge >= 0.3 is 0 Å². The molecule has 120 valence electrons. The Hall–Kier alpha value is -2.59. The maximum Gasteiger partial charge on any atom is 0.267 e. The van der Waals surface area contributed by atoms with Gasteiger partial charge in [0.15, 0.2) is 0 Å². The predicted molar refractivity (Wildman–Crippen MR) is 93.3 cm³/mol. The van der Waals surface area contributed by atoms with Crippen LogP contribution in [0.25, 0.3) is 6.08 Å². The molecule has 4 nitrogen and oxygen atoms in total. The van der Waals surface area contributed by atoms with Gasteiger partial charge in [0.1, 0.15) is 0 Å². The molecule has 0 fully saturated rings. The molecule has 0 aliphatic rings. The molecule has 0 spiro atoms. The second kappa shape index (κ2) is 8.15. The van der Waals surface area contributed by atoms with Crippen molar-refractivity contribution in [2.24, 2.45) is 0 Å². The Morgan fingerprint density at radius 3 is 2.48 bits per heavy atom. The molecular formula is C19H22N2O2. The van der Waals surface area contributed by atoms with Crippen LogP contribution in [0, 0.1) is 0 Å². The lowest BCUT2D eigenvalue weighted by Crippen LogP contribution is -2.14. The molecule has 0 atom stereocenters. The standard InChI is InChI=1S/C19H22N2O2/c1-14(2)16-9-7-15(8-10-16)13-20-18-6-4-3-5-17(18)11-12-19(22)21-23/h3-12,14,20,23H,13H2,1-2H3,(H,21,22)/b12-11+. The predicted octanol–water partition coefficient (Wildman–Crippen LogP) is 3.94. The van der Waals surface area contributed by atoms with Gasteiger partial charge in [-0.25, -0.2) is 5.48 Å². The van der Waals surface area contributed by atoms with Crippen molar-refractivity contribution in [2.45, 2.75) is 26.3 Å². The lowest BCUT2D eigenvalue weighted by molar-refractivity contribution is -0.124. The fourth-order valence-corrected chi connectivity index (χ4v) is 2.22. The molecular weight excluding hydrogens is 288 g/mol. The second-order valence-electron chi connectivity index (χ2n) is 5.65. The third-order valence-corrected chi connectivity index (χ3v) is 3.61. The van der Waals surface area contributed by atoms with E-state index in [0.29, 0.717) is 12.5 Å². The number of rotatable bonds is 6. The van der Waals surface area contributed by atoms with E-state index in [1.807, 2.05) is 24.3 Å². The zero-order valence-electron chi connectivity index (χ0n) is 13.4. The average molecular weight is 310 g/mol. The zero-order valence-corrected chi connectivity index (χ0v) is 13.4. The first-order valence-electron chi connectivity index (χ1n) is 7.64. The van der Waals surface area contributed by atoms with Crippen molar-refractivity contribution in [3.63, 3.8) is 0 Å². The first-order chi connectivity index (χ1) is 11.1. The minimum atomic E-state index is -0.552. The van der Waals surface area contributed by atoms with Gasteiger partial charge in [0.05, 0.1) is 0 Å². The highest BCUT2D eigenvalue weighted by atomic mass is 16.5. The summed E-state index contributed by atoms with van der Waals surface area (Å²) in [6.07, 6.45) is 2.95. The minimum absolute atomic E-state index is 0.528. The van der Waals surface area contributed by atoms with Crippen molar-refractivity contribution in [3.05, 3.63) is 71.3 Å². The van der Waals surface area contributed by atoms with Gasteiger partial charge in [-0.2, -0.15) is 0 Å². The van der Waals surface area contributed by atoms with E-state index in [1.165, 1.54) is 17.2 Å². The maximum absolute atomic E-state index is 11.1. The molecule has 2 aromatic rings. The largest absolute Gasteiger partial charge is 0.380 e. The Kier molecular flexibility index (Phi) is 5.94. The molecule has 0 aliphatic carbocycles. The van der Waals surface area contributed by atoms with Crippen LogP contribution in [0.2, 0.25) is 0 Å². The molecule has 2 aromatic carbocycles.